The molecule has 0 bridgehead atoms. The molecule has 1 saturated carbocycles. The van der Waals surface area contributed by atoms with Crippen molar-refractivity contribution >= 4 is 5.96 Å². The minimum absolute atomic E-state index is 0.0427. The summed E-state index contributed by atoms with van der Waals surface area (Å²) in [7, 11) is 1.65. The Balaban J connectivity index is 1.52. The molecule has 4 unspecified atom stereocenters. The number of nitrogens with zero attached hydrogens (tertiary/aromatic N) is 1. The Morgan fingerprint density at radius 1 is 1.19 bits per heavy atom. The molecule has 1 aromatic rings. The van der Waals surface area contributed by atoms with E-state index in [-0.39, 0.29) is 25.0 Å². The molecule has 0 amide bonds. The second-order valence-corrected chi connectivity index (χ2v) is 7.45. The van der Waals surface area contributed by atoms with Gasteiger partial charge in [-0.1, -0.05) is 36.8 Å². The molecule has 7 heteroatoms. The maximum Gasteiger partial charge on any atom is 0.391 e. The van der Waals surface area contributed by atoms with Gasteiger partial charge in [0, 0.05) is 32.2 Å². The summed E-state index contributed by atoms with van der Waals surface area (Å²) in [6, 6.07) is 9.92. The summed E-state index contributed by atoms with van der Waals surface area (Å²) >= 11 is 0. The normalized spacial score (nSPS) is 29.6. The molecule has 150 valence electrons. The Hall–Kier alpha value is -1.76. The molecule has 1 aliphatic carbocycles. The van der Waals surface area contributed by atoms with Crippen molar-refractivity contribution in [3.8, 4) is 0 Å². The Kier molecular flexibility index (Phi) is 6.63. The van der Waals surface area contributed by atoms with E-state index in [1.807, 2.05) is 18.2 Å². The molecule has 4 atom stereocenters. The summed E-state index contributed by atoms with van der Waals surface area (Å²) in [5, 5.41) is 6.47. The standard InChI is InChI=1S/C20H28F3N3O/c1-24-19(26-17-9-5-8-16(12-17)20(21,22)23)25-13-15-10-11-27-18(15)14-6-3-2-4-7-14/h2-4,6-7,15-18H,5,8-13H2,1H3,(H2,24,25,26). The molecule has 0 spiro atoms. The molecule has 2 N–H and O–H groups in total. The average molecular weight is 383 g/mol. The molecule has 1 aliphatic heterocycles. The van der Waals surface area contributed by atoms with Crippen molar-refractivity contribution in [3.63, 3.8) is 0 Å². The summed E-state index contributed by atoms with van der Waals surface area (Å²) in [6.45, 7) is 1.39. The monoisotopic (exact) mass is 383 g/mol. The number of rotatable bonds is 4. The van der Waals surface area contributed by atoms with Gasteiger partial charge in [-0.15, -0.1) is 0 Å². The van der Waals surface area contributed by atoms with Crippen molar-refractivity contribution < 1.29 is 17.9 Å². The lowest BCUT2D eigenvalue weighted by Crippen LogP contribution is -2.47. The van der Waals surface area contributed by atoms with Crippen LogP contribution in [0.15, 0.2) is 35.3 Å². The summed E-state index contributed by atoms with van der Waals surface area (Å²) in [5.74, 6) is -0.339. The van der Waals surface area contributed by atoms with Crippen molar-refractivity contribution in [2.75, 3.05) is 20.2 Å². The van der Waals surface area contributed by atoms with E-state index in [2.05, 4.69) is 27.8 Å². The van der Waals surface area contributed by atoms with Gasteiger partial charge in [-0.05, 0) is 31.2 Å². The highest BCUT2D eigenvalue weighted by atomic mass is 19.4. The lowest BCUT2D eigenvalue weighted by molar-refractivity contribution is -0.183. The summed E-state index contributed by atoms with van der Waals surface area (Å²) in [6.07, 6.45) is -1.45. The first-order valence-corrected chi connectivity index (χ1v) is 9.68. The molecular weight excluding hydrogens is 355 g/mol. The first kappa shape index (κ1) is 20.0. The highest BCUT2D eigenvalue weighted by Gasteiger charge is 2.42. The van der Waals surface area contributed by atoms with Crippen LogP contribution in [0.25, 0.3) is 0 Å². The van der Waals surface area contributed by atoms with Crippen LogP contribution >= 0.6 is 0 Å². The van der Waals surface area contributed by atoms with E-state index in [4.69, 9.17) is 4.74 Å². The lowest BCUT2D eigenvalue weighted by Gasteiger charge is -2.32. The predicted octanol–water partition coefficient (Wildman–Crippen LogP) is 4.05. The number of nitrogens with one attached hydrogen (secondary N) is 2. The quantitative estimate of drug-likeness (QED) is 0.609. The molecule has 3 rings (SSSR count). The minimum Gasteiger partial charge on any atom is -0.373 e. The van der Waals surface area contributed by atoms with Crippen LogP contribution in [0.3, 0.4) is 0 Å². The number of alkyl halides is 3. The van der Waals surface area contributed by atoms with E-state index in [1.165, 1.54) is 0 Å². The number of hydrogen-bond acceptors (Lipinski definition) is 2. The maximum atomic E-state index is 13.0. The summed E-state index contributed by atoms with van der Waals surface area (Å²) in [5.41, 5.74) is 1.16. The van der Waals surface area contributed by atoms with Crippen LogP contribution in [-0.2, 0) is 4.74 Å². The Morgan fingerprint density at radius 3 is 2.67 bits per heavy atom. The number of hydrogen-bond donors (Lipinski definition) is 2. The van der Waals surface area contributed by atoms with Gasteiger partial charge in [0.2, 0.25) is 0 Å². The van der Waals surface area contributed by atoms with Crippen molar-refractivity contribution in [1.29, 1.82) is 0 Å². The van der Waals surface area contributed by atoms with Gasteiger partial charge < -0.3 is 15.4 Å². The topological polar surface area (TPSA) is 45.7 Å². The zero-order valence-corrected chi connectivity index (χ0v) is 15.6. The Morgan fingerprint density at radius 2 is 1.96 bits per heavy atom. The number of ether oxygens (including phenoxy) is 1. The summed E-state index contributed by atoms with van der Waals surface area (Å²) < 4.78 is 44.9. The fourth-order valence-electron chi connectivity index (χ4n) is 4.09. The molecule has 27 heavy (non-hydrogen) atoms. The van der Waals surface area contributed by atoms with Gasteiger partial charge in [0.25, 0.3) is 0 Å². The van der Waals surface area contributed by atoms with Gasteiger partial charge in [-0.2, -0.15) is 13.2 Å². The Labute approximate surface area is 158 Å². The van der Waals surface area contributed by atoms with E-state index in [0.29, 0.717) is 31.4 Å². The predicted molar refractivity (Wildman–Crippen MR) is 99.5 cm³/mol. The fraction of sp³-hybridized carbons (Fsp3) is 0.650. The fourth-order valence-corrected chi connectivity index (χ4v) is 4.09. The summed E-state index contributed by atoms with van der Waals surface area (Å²) in [4.78, 5) is 4.20. The molecule has 0 aromatic heterocycles. The molecule has 1 heterocycles. The van der Waals surface area contributed by atoms with Crippen molar-refractivity contribution in [1.82, 2.24) is 10.6 Å². The highest BCUT2D eigenvalue weighted by molar-refractivity contribution is 5.80. The highest BCUT2D eigenvalue weighted by Crippen LogP contribution is 2.37. The van der Waals surface area contributed by atoms with E-state index >= 15 is 0 Å². The van der Waals surface area contributed by atoms with E-state index in [9.17, 15) is 13.2 Å². The number of benzene rings is 1. The van der Waals surface area contributed by atoms with Gasteiger partial charge in [-0.25, -0.2) is 0 Å². The van der Waals surface area contributed by atoms with E-state index in [0.717, 1.165) is 18.4 Å². The first-order valence-electron chi connectivity index (χ1n) is 9.68. The number of guanidine groups is 1. The largest absolute Gasteiger partial charge is 0.391 e. The van der Waals surface area contributed by atoms with Crippen LogP contribution in [0.4, 0.5) is 13.2 Å². The van der Waals surface area contributed by atoms with E-state index in [1.54, 1.807) is 7.05 Å². The first-order chi connectivity index (χ1) is 13.0. The third-order valence-electron chi connectivity index (χ3n) is 5.58. The molecule has 0 radical (unpaired) electrons. The van der Waals surface area contributed by atoms with Crippen LogP contribution in [0.1, 0.15) is 43.8 Å². The third-order valence-corrected chi connectivity index (χ3v) is 5.58. The van der Waals surface area contributed by atoms with Crippen LogP contribution in [0, 0.1) is 11.8 Å². The molecule has 1 saturated heterocycles. The SMILES string of the molecule is CN=C(NCC1CCOC1c1ccccc1)NC1CCCC(C(F)(F)F)C1. The Bertz CT molecular complexity index is 621. The molecular formula is C20H28F3N3O. The van der Waals surface area contributed by atoms with E-state index < -0.39 is 12.1 Å². The van der Waals surface area contributed by atoms with Crippen molar-refractivity contribution in [2.24, 2.45) is 16.8 Å². The van der Waals surface area contributed by atoms with Crippen molar-refractivity contribution in [2.45, 2.75) is 50.4 Å². The molecule has 4 nitrogen and oxygen atoms in total. The second-order valence-electron chi connectivity index (χ2n) is 7.45. The lowest BCUT2D eigenvalue weighted by atomic mass is 9.85. The van der Waals surface area contributed by atoms with Crippen LogP contribution < -0.4 is 10.6 Å². The third kappa shape index (κ3) is 5.37. The molecule has 2 fully saturated rings. The maximum absolute atomic E-state index is 13.0. The van der Waals surface area contributed by atoms with Crippen LogP contribution in [0.5, 0.6) is 0 Å². The minimum atomic E-state index is -4.11. The van der Waals surface area contributed by atoms with Gasteiger partial charge in [0.15, 0.2) is 5.96 Å². The zero-order chi connectivity index (χ0) is 19.3. The average Bonchev–Trinajstić information content (AvgIpc) is 3.14. The second kappa shape index (κ2) is 8.95. The zero-order valence-electron chi connectivity index (χ0n) is 15.6. The van der Waals surface area contributed by atoms with Gasteiger partial charge in [0.05, 0.1) is 12.0 Å². The molecule has 1 aromatic carbocycles. The van der Waals surface area contributed by atoms with Gasteiger partial charge >= 0.3 is 6.18 Å². The van der Waals surface area contributed by atoms with Gasteiger partial charge in [-0.3, -0.25) is 4.99 Å². The molecule has 2 aliphatic rings. The number of aliphatic imine (C=N–C) groups is 1. The van der Waals surface area contributed by atoms with Crippen LogP contribution in [-0.4, -0.2) is 38.4 Å². The van der Waals surface area contributed by atoms with Crippen molar-refractivity contribution in [3.05, 3.63) is 35.9 Å². The number of halogens is 3. The van der Waals surface area contributed by atoms with Gasteiger partial charge in [0.1, 0.15) is 0 Å². The smallest absolute Gasteiger partial charge is 0.373 e. The van der Waals surface area contributed by atoms with Crippen LogP contribution in [0.2, 0.25) is 0 Å².